The van der Waals surface area contributed by atoms with E-state index in [1.807, 2.05) is 35.9 Å². The topological polar surface area (TPSA) is 59.8 Å². The van der Waals surface area contributed by atoms with Gasteiger partial charge in [-0.15, -0.1) is 10.2 Å². The van der Waals surface area contributed by atoms with Crippen LogP contribution in [0.2, 0.25) is 0 Å². The molecule has 2 aromatic carbocycles. The van der Waals surface area contributed by atoms with Crippen molar-refractivity contribution in [1.82, 2.24) is 14.8 Å². The molecule has 1 heterocycles. The maximum Gasteiger partial charge on any atom is 0.234 e. The third-order valence-corrected chi connectivity index (χ3v) is 5.80. The van der Waals surface area contributed by atoms with E-state index in [1.165, 1.54) is 17.3 Å². The Labute approximate surface area is 178 Å². The molecule has 146 valence electrons. The summed E-state index contributed by atoms with van der Waals surface area (Å²) in [4.78, 5) is 12.2. The summed E-state index contributed by atoms with van der Waals surface area (Å²) in [5, 5.41) is 12.1. The van der Waals surface area contributed by atoms with Gasteiger partial charge in [0.15, 0.2) is 11.0 Å². The fourth-order valence-electron chi connectivity index (χ4n) is 2.70. The summed E-state index contributed by atoms with van der Waals surface area (Å²) in [6, 6.07) is 15.9. The number of rotatable bonds is 5. The van der Waals surface area contributed by atoms with E-state index in [1.54, 1.807) is 0 Å². The van der Waals surface area contributed by atoms with Crippen LogP contribution in [-0.4, -0.2) is 26.4 Å². The van der Waals surface area contributed by atoms with E-state index in [-0.39, 0.29) is 17.1 Å². The van der Waals surface area contributed by atoms with E-state index in [4.69, 9.17) is 0 Å². The van der Waals surface area contributed by atoms with Gasteiger partial charge in [-0.25, -0.2) is 0 Å². The molecule has 0 aliphatic heterocycles. The lowest BCUT2D eigenvalue weighted by Gasteiger charge is -2.19. The summed E-state index contributed by atoms with van der Waals surface area (Å²) >= 11 is 4.77. The second-order valence-electron chi connectivity index (χ2n) is 7.54. The van der Waals surface area contributed by atoms with Crippen molar-refractivity contribution in [2.75, 3.05) is 11.1 Å². The molecule has 0 fully saturated rings. The first-order valence-corrected chi connectivity index (χ1v) is 10.7. The quantitative estimate of drug-likeness (QED) is 0.528. The average molecular weight is 459 g/mol. The molecule has 28 heavy (non-hydrogen) atoms. The Kier molecular flexibility index (Phi) is 6.25. The fraction of sp³-hybridized carbons (Fsp3) is 0.286. The Morgan fingerprint density at radius 3 is 2.50 bits per heavy atom. The maximum absolute atomic E-state index is 12.2. The molecular formula is C21H23BrN4OS. The molecule has 0 bridgehead atoms. The third-order valence-electron chi connectivity index (χ3n) is 4.28. The standard InChI is InChI=1S/C21H23BrN4OS/c1-21(2,3)15-10-8-14(9-11-15)19-24-25-20(26(19)4)28-13-18(27)23-17-7-5-6-16(22)12-17/h5-12H,13H2,1-4H3,(H,23,27). The molecule has 1 amide bonds. The maximum atomic E-state index is 12.2. The van der Waals surface area contributed by atoms with Gasteiger partial charge < -0.3 is 9.88 Å². The minimum atomic E-state index is -0.0813. The van der Waals surface area contributed by atoms with Crippen molar-refractivity contribution in [3.8, 4) is 11.4 Å². The van der Waals surface area contributed by atoms with E-state index in [9.17, 15) is 4.79 Å². The number of carbonyl (C=O) groups excluding carboxylic acids is 1. The van der Waals surface area contributed by atoms with Crippen molar-refractivity contribution in [3.05, 3.63) is 58.6 Å². The SMILES string of the molecule is Cn1c(SCC(=O)Nc2cccc(Br)c2)nnc1-c1ccc(C(C)(C)C)cc1. The van der Waals surface area contributed by atoms with Gasteiger partial charge in [0.25, 0.3) is 0 Å². The molecule has 0 radical (unpaired) electrons. The smallest absolute Gasteiger partial charge is 0.234 e. The van der Waals surface area contributed by atoms with Gasteiger partial charge in [0, 0.05) is 22.8 Å². The first-order chi connectivity index (χ1) is 13.2. The van der Waals surface area contributed by atoms with Crippen LogP contribution in [0.4, 0.5) is 5.69 Å². The molecule has 1 N–H and O–H groups in total. The summed E-state index contributed by atoms with van der Waals surface area (Å²) in [5.41, 5.74) is 3.16. The zero-order valence-electron chi connectivity index (χ0n) is 16.4. The molecular weight excluding hydrogens is 436 g/mol. The van der Waals surface area contributed by atoms with Crippen molar-refractivity contribution in [2.45, 2.75) is 31.3 Å². The number of amides is 1. The Bertz CT molecular complexity index is 977. The molecule has 3 aromatic rings. The van der Waals surface area contributed by atoms with Crippen LogP contribution in [0.25, 0.3) is 11.4 Å². The van der Waals surface area contributed by atoms with E-state index < -0.39 is 0 Å². The summed E-state index contributed by atoms with van der Waals surface area (Å²) in [7, 11) is 1.92. The summed E-state index contributed by atoms with van der Waals surface area (Å²) < 4.78 is 2.84. The van der Waals surface area contributed by atoms with E-state index in [0.29, 0.717) is 5.16 Å². The Balaban J connectivity index is 1.65. The first-order valence-electron chi connectivity index (χ1n) is 8.92. The van der Waals surface area contributed by atoms with Gasteiger partial charge >= 0.3 is 0 Å². The third kappa shape index (κ3) is 5.02. The molecule has 0 saturated heterocycles. The monoisotopic (exact) mass is 458 g/mol. The highest BCUT2D eigenvalue weighted by Gasteiger charge is 2.16. The largest absolute Gasteiger partial charge is 0.325 e. The van der Waals surface area contributed by atoms with Crippen LogP contribution in [0.3, 0.4) is 0 Å². The predicted octanol–water partition coefficient (Wildman–Crippen LogP) is 5.27. The minimum absolute atomic E-state index is 0.0813. The zero-order chi connectivity index (χ0) is 20.3. The van der Waals surface area contributed by atoms with Crippen LogP contribution in [0.15, 0.2) is 58.2 Å². The number of nitrogens with zero attached hydrogens (tertiary/aromatic N) is 3. The van der Waals surface area contributed by atoms with Crippen LogP contribution >= 0.6 is 27.7 Å². The lowest BCUT2D eigenvalue weighted by atomic mass is 9.87. The molecule has 7 heteroatoms. The fourth-order valence-corrected chi connectivity index (χ4v) is 3.81. The normalized spacial score (nSPS) is 11.5. The molecule has 0 aliphatic rings. The van der Waals surface area contributed by atoms with Crippen LogP contribution in [0.1, 0.15) is 26.3 Å². The molecule has 0 spiro atoms. The Hall–Kier alpha value is -2.12. The van der Waals surface area contributed by atoms with Gasteiger partial charge in [-0.3, -0.25) is 4.79 Å². The van der Waals surface area contributed by atoms with Gasteiger partial charge in [-0.1, -0.05) is 78.8 Å². The van der Waals surface area contributed by atoms with Gasteiger partial charge in [0.2, 0.25) is 5.91 Å². The summed E-state index contributed by atoms with van der Waals surface area (Å²) in [6.45, 7) is 6.58. The van der Waals surface area contributed by atoms with Crippen LogP contribution in [0.5, 0.6) is 0 Å². The molecule has 0 atom stereocenters. The number of aromatic nitrogens is 3. The van der Waals surface area contributed by atoms with Crippen LogP contribution in [-0.2, 0) is 17.3 Å². The number of benzene rings is 2. The number of anilines is 1. The second-order valence-corrected chi connectivity index (χ2v) is 9.40. The Morgan fingerprint density at radius 2 is 1.86 bits per heavy atom. The van der Waals surface area contributed by atoms with E-state index in [0.717, 1.165) is 21.5 Å². The zero-order valence-corrected chi connectivity index (χ0v) is 18.8. The second kappa shape index (κ2) is 8.49. The highest BCUT2D eigenvalue weighted by atomic mass is 79.9. The molecule has 0 saturated carbocycles. The van der Waals surface area contributed by atoms with Crippen molar-refractivity contribution in [2.24, 2.45) is 7.05 Å². The van der Waals surface area contributed by atoms with Gasteiger partial charge in [-0.05, 0) is 29.2 Å². The Morgan fingerprint density at radius 1 is 1.14 bits per heavy atom. The number of carbonyl (C=O) groups is 1. The van der Waals surface area contributed by atoms with Crippen molar-refractivity contribution in [1.29, 1.82) is 0 Å². The lowest BCUT2D eigenvalue weighted by Crippen LogP contribution is -2.14. The molecule has 0 aliphatic carbocycles. The number of hydrogen-bond acceptors (Lipinski definition) is 4. The highest BCUT2D eigenvalue weighted by molar-refractivity contribution is 9.10. The molecule has 3 rings (SSSR count). The summed E-state index contributed by atoms with van der Waals surface area (Å²) in [6.07, 6.45) is 0. The number of halogens is 1. The summed E-state index contributed by atoms with van der Waals surface area (Å²) in [5.74, 6) is 0.971. The molecule has 0 unspecified atom stereocenters. The predicted molar refractivity (Wildman–Crippen MR) is 119 cm³/mol. The van der Waals surface area contributed by atoms with Crippen molar-refractivity contribution in [3.63, 3.8) is 0 Å². The molecule has 5 nitrogen and oxygen atoms in total. The number of hydrogen-bond donors (Lipinski definition) is 1. The average Bonchev–Trinajstić information content (AvgIpc) is 3.00. The van der Waals surface area contributed by atoms with Crippen LogP contribution < -0.4 is 5.32 Å². The first kappa shape index (κ1) is 20.6. The van der Waals surface area contributed by atoms with E-state index in [2.05, 4.69) is 76.5 Å². The van der Waals surface area contributed by atoms with Gasteiger partial charge in [0.1, 0.15) is 0 Å². The molecule has 1 aromatic heterocycles. The van der Waals surface area contributed by atoms with Crippen molar-refractivity contribution < 1.29 is 4.79 Å². The highest BCUT2D eigenvalue weighted by Crippen LogP contribution is 2.27. The van der Waals surface area contributed by atoms with Gasteiger partial charge in [0.05, 0.1) is 5.75 Å². The van der Waals surface area contributed by atoms with Crippen LogP contribution in [0, 0.1) is 0 Å². The van der Waals surface area contributed by atoms with E-state index >= 15 is 0 Å². The lowest BCUT2D eigenvalue weighted by molar-refractivity contribution is -0.113. The minimum Gasteiger partial charge on any atom is -0.325 e. The number of nitrogens with one attached hydrogen (secondary N) is 1. The number of thioether (sulfide) groups is 1. The van der Waals surface area contributed by atoms with Crippen molar-refractivity contribution >= 4 is 39.3 Å². The van der Waals surface area contributed by atoms with Gasteiger partial charge in [-0.2, -0.15) is 0 Å².